The van der Waals surface area contributed by atoms with Gasteiger partial charge in [0.05, 0.1) is 6.10 Å². The number of nitrogens with one attached hydrogen (secondary N) is 1. The van der Waals surface area contributed by atoms with Crippen molar-refractivity contribution >= 4 is 0 Å². The first-order chi connectivity index (χ1) is 9.16. The smallest absolute Gasteiger partial charge is 0.0700 e. The van der Waals surface area contributed by atoms with E-state index in [1.54, 1.807) is 0 Å². The minimum Gasteiger partial charge on any atom is -0.377 e. The van der Waals surface area contributed by atoms with Gasteiger partial charge in [-0.15, -0.1) is 0 Å². The van der Waals surface area contributed by atoms with Crippen LogP contribution in [0.25, 0.3) is 0 Å². The lowest BCUT2D eigenvalue weighted by molar-refractivity contribution is 0.100. The Morgan fingerprint density at radius 1 is 1.26 bits per heavy atom. The van der Waals surface area contributed by atoms with Crippen molar-refractivity contribution in [3.63, 3.8) is 0 Å². The van der Waals surface area contributed by atoms with Crippen molar-refractivity contribution in [2.24, 2.45) is 5.92 Å². The maximum atomic E-state index is 5.65. The van der Waals surface area contributed by atoms with E-state index in [0.29, 0.717) is 12.1 Å². The number of nitrogens with zero attached hydrogens (tertiary/aromatic N) is 1. The fourth-order valence-electron chi connectivity index (χ4n) is 3.53. The topological polar surface area (TPSA) is 24.5 Å². The third-order valence-corrected chi connectivity index (χ3v) is 5.02. The summed E-state index contributed by atoms with van der Waals surface area (Å²) in [6, 6.07) is 1.42. The van der Waals surface area contributed by atoms with E-state index in [9.17, 15) is 0 Å². The summed E-state index contributed by atoms with van der Waals surface area (Å²) in [4.78, 5) is 2.60. The Labute approximate surface area is 119 Å². The number of rotatable bonds is 6. The molecule has 112 valence electrons. The van der Waals surface area contributed by atoms with Crippen LogP contribution in [-0.4, -0.2) is 49.8 Å². The van der Waals surface area contributed by atoms with Gasteiger partial charge in [-0.1, -0.05) is 19.8 Å². The monoisotopic (exact) mass is 268 g/mol. The lowest BCUT2D eigenvalue weighted by Crippen LogP contribution is -2.46. The summed E-state index contributed by atoms with van der Waals surface area (Å²) < 4.78 is 5.65. The Bertz CT molecular complexity index is 253. The molecule has 1 saturated heterocycles. The molecule has 0 aromatic heterocycles. The van der Waals surface area contributed by atoms with Crippen LogP contribution in [0.1, 0.15) is 52.4 Å². The van der Waals surface area contributed by atoms with E-state index in [1.807, 2.05) is 0 Å². The highest BCUT2D eigenvalue weighted by Crippen LogP contribution is 2.27. The standard InChI is InChI=1S/C16H32N2O/c1-13-6-4-7-15(10-13)18(3)14(2)11-17-12-16-8-5-9-19-16/h13-17H,4-12H2,1-3H3. The van der Waals surface area contributed by atoms with E-state index in [1.165, 1.54) is 38.5 Å². The fraction of sp³-hybridized carbons (Fsp3) is 1.00. The molecular weight excluding hydrogens is 236 g/mol. The first-order valence-electron chi connectivity index (χ1n) is 8.21. The van der Waals surface area contributed by atoms with Gasteiger partial charge in [-0.3, -0.25) is 4.90 Å². The molecule has 1 saturated carbocycles. The van der Waals surface area contributed by atoms with Gasteiger partial charge in [-0.2, -0.15) is 0 Å². The molecule has 0 spiro atoms. The van der Waals surface area contributed by atoms with E-state index in [4.69, 9.17) is 4.74 Å². The van der Waals surface area contributed by atoms with E-state index < -0.39 is 0 Å². The van der Waals surface area contributed by atoms with Gasteiger partial charge in [0.25, 0.3) is 0 Å². The SMILES string of the molecule is CC1CCCC(N(C)C(C)CNCC2CCCO2)C1. The molecule has 2 fully saturated rings. The molecule has 19 heavy (non-hydrogen) atoms. The van der Waals surface area contributed by atoms with E-state index in [2.05, 4.69) is 31.1 Å². The Balaban J connectivity index is 1.64. The molecule has 0 aromatic carbocycles. The molecule has 3 heteroatoms. The Morgan fingerprint density at radius 2 is 2.11 bits per heavy atom. The molecule has 2 aliphatic rings. The average molecular weight is 268 g/mol. The lowest BCUT2D eigenvalue weighted by Gasteiger charge is -2.38. The fourth-order valence-corrected chi connectivity index (χ4v) is 3.53. The van der Waals surface area contributed by atoms with Crippen molar-refractivity contribution in [1.29, 1.82) is 0 Å². The second kappa shape index (κ2) is 7.61. The van der Waals surface area contributed by atoms with E-state index in [0.717, 1.165) is 31.7 Å². The molecule has 0 aromatic rings. The first kappa shape index (κ1) is 15.3. The van der Waals surface area contributed by atoms with Gasteiger partial charge in [-0.25, -0.2) is 0 Å². The van der Waals surface area contributed by atoms with Crippen molar-refractivity contribution in [2.75, 3.05) is 26.7 Å². The van der Waals surface area contributed by atoms with Crippen LogP contribution in [0, 0.1) is 5.92 Å². The highest BCUT2D eigenvalue weighted by molar-refractivity contribution is 4.81. The van der Waals surface area contributed by atoms with Crippen LogP contribution in [0.3, 0.4) is 0 Å². The predicted octanol–water partition coefficient (Wildman–Crippen LogP) is 2.65. The van der Waals surface area contributed by atoms with Gasteiger partial charge in [0.15, 0.2) is 0 Å². The summed E-state index contributed by atoms with van der Waals surface area (Å²) in [7, 11) is 2.31. The Morgan fingerprint density at radius 3 is 2.79 bits per heavy atom. The molecule has 3 nitrogen and oxygen atoms in total. The van der Waals surface area contributed by atoms with Crippen molar-refractivity contribution in [3.05, 3.63) is 0 Å². The third kappa shape index (κ3) is 4.73. The van der Waals surface area contributed by atoms with Crippen molar-refractivity contribution in [1.82, 2.24) is 10.2 Å². The zero-order valence-corrected chi connectivity index (χ0v) is 13.0. The summed E-state index contributed by atoms with van der Waals surface area (Å²) in [6.07, 6.45) is 8.54. The second-order valence-corrected chi connectivity index (χ2v) is 6.73. The molecule has 1 heterocycles. The number of hydrogen-bond acceptors (Lipinski definition) is 3. The third-order valence-electron chi connectivity index (χ3n) is 5.02. The predicted molar refractivity (Wildman–Crippen MR) is 80.5 cm³/mol. The van der Waals surface area contributed by atoms with E-state index >= 15 is 0 Å². The second-order valence-electron chi connectivity index (χ2n) is 6.73. The largest absolute Gasteiger partial charge is 0.377 e. The van der Waals surface area contributed by atoms with Crippen molar-refractivity contribution < 1.29 is 4.74 Å². The molecule has 1 aliphatic carbocycles. The van der Waals surface area contributed by atoms with Gasteiger partial charge in [0.1, 0.15) is 0 Å². The maximum Gasteiger partial charge on any atom is 0.0700 e. The molecule has 4 atom stereocenters. The lowest BCUT2D eigenvalue weighted by atomic mass is 9.86. The van der Waals surface area contributed by atoms with Gasteiger partial charge in [0, 0.05) is 31.8 Å². The normalized spacial score (nSPS) is 33.8. The van der Waals surface area contributed by atoms with Crippen molar-refractivity contribution in [2.45, 2.75) is 70.6 Å². The summed E-state index contributed by atoms with van der Waals surface area (Å²) in [5, 5.41) is 3.59. The first-order valence-corrected chi connectivity index (χ1v) is 8.21. The number of hydrogen-bond donors (Lipinski definition) is 1. The summed E-state index contributed by atoms with van der Waals surface area (Å²) in [6.45, 7) is 7.82. The Kier molecular flexibility index (Phi) is 6.11. The number of ether oxygens (including phenoxy) is 1. The van der Waals surface area contributed by atoms with Gasteiger partial charge >= 0.3 is 0 Å². The Hall–Kier alpha value is -0.120. The summed E-state index contributed by atoms with van der Waals surface area (Å²) in [5.41, 5.74) is 0. The van der Waals surface area contributed by atoms with Crippen LogP contribution in [0.15, 0.2) is 0 Å². The minimum absolute atomic E-state index is 0.465. The van der Waals surface area contributed by atoms with Crippen LogP contribution < -0.4 is 5.32 Å². The zero-order valence-electron chi connectivity index (χ0n) is 13.0. The van der Waals surface area contributed by atoms with Crippen LogP contribution in [0.5, 0.6) is 0 Å². The highest BCUT2D eigenvalue weighted by Gasteiger charge is 2.25. The highest BCUT2D eigenvalue weighted by atomic mass is 16.5. The minimum atomic E-state index is 0.465. The molecule has 0 amide bonds. The molecule has 1 N–H and O–H groups in total. The molecule has 1 aliphatic heterocycles. The van der Waals surface area contributed by atoms with E-state index in [-0.39, 0.29) is 0 Å². The number of likely N-dealkylation sites (N-methyl/N-ethyl adjacent to an activating group) is 1. The molecule has 0 bridgehead atoms. The zero-order chi connectivity index (χ0) is 13.7. The molecule has 4 unspecified atom stereocenters. The molecular formula is C16H32N2O. The molecule has 2 rings (SSSR count). The molecule has 0 radical (unpaired) electrons. The van der Waals surface area contributed by atoms with Gasteiger partial charge < -0.3 is 10.1 Å². The van der Waals surface area contributed by atoms with Crippen molar-refractivity contribution in [3.8, 4) is 0 Å². The summed E-state index contributed by atoms with van der Waals surface area (Å²) in [5.74, 6) is 0.910. The summed E-state index contributed by atoms with van der Waals surface area (Å²) >= 11 is 0. The van der Waals surface area contributed by atoms with Crippen LogP contribution in [0.2, 0.25) is 0 Å². The van der Waals surface area contributed by atoms with Crippen LogP contribution in [-0.2, 0) is 4.74 Å². The van der Waals surface area contributed by atoms with Crippen LogP contribution in [0.4, 0.5) is 0 Å². The van der Waals surface area contributed by atoms with Gasteiger partial charge in [0.2, 0.25) is 0 Å². The van der Waals surface area contributed by atoms with Crippen LogP contribution >= 0.6 is 0 Å². The van der Waals surface area contributed by atoms with Gasteiger partial charge in [-0.05, 0) is 45.6 Å². The quantitative estimate of drug-likeness (QED) is 0.801. The maximum absolute atomic E-state index is 5.65. The average Bonchev–Trinajstić information content (AvgIpc) is 2.91.